The van der Waals surface area contributed by atoms with Crippen molar-refractivity contribution in [3.63, 3.8) is 0 Å². The van der Waals surface area contributed by atoms with Crippen molar-refractivity contribution in [3.8, 4) is 0 Å². The largest absolute Gasteiger partial charge is 0.480 e. The third kappa shape index (κ3) is 2.93. The standard InChI is InChI=1S/C18H26N2O4S/c1-17(2)12-8-9-18(17,3)15(10-12)20-25(23,24)14-7-5-4-6-13(14)19-11-16(21)22/h4-7,12,15,19-20H,8-11H2,1-3H3,(H,21,22)/t12-,15-,18+/m1/s1. The minimum Gasteiger partial charge on any atom is -0.480 e. The molecule has 2 saturated carbocycles. The smallest absolute Gasteiger partial charge is 0.322 e. The van der Waals surface area contributed by atoms with Crippen LogP contribution in [-0.4, -0.2) is 32.1 Å². The van der Waals surface area contributed by atoms with Crippen molar-refractivity contribution in [2.24, 2.45) is 16.7 Å². The van der Waals surface area contributed by atoms with Crippen molar-refractivity contribution in [2.75, 3.05) is 11.9 Å². The van der Waals surface area contributed by atoms with Gasteiger partial charge in [-0.15, -0.1) is 0 Å². The number of aliphatic carboxylic acids is 1. The maximum atomic E-state index is 13.0. The number of para-hydroxylation sites is 1. The normalized spacial score (nSPS) is 30.4. The number of carboxylic acids is 1. The summed E-state index contributed by atoms with van der Waals surface area (Å²) in [5, 5.41) is 11.5. The second kappa shape index (κ2) is 5.99. The fourth-order valence-corrected chi connectivity index (χ4v) is 6.20. The van der Waals surface area contributed by atoms with Crippen molar-refractivity contribution < 1.29 is 18.3 Å². The highest BCUT2D eigenvalue weighted by molar-refractivity contribution is 7.89. The van der Waals surface area contributed by atoms with Gasteiger partial charge in [-0.25, -0.2) is 13.1 Å². The Bertz CT molecular complexity index is 790. The Balaban J connectivity index is 1.86. The third-order valence-electron chi connectivity index (χ3n) is 6.70. The molecule has 0 aliphatic heterocycles. The van der Waals surface area contributed by atoms with E-state index in [0.717, 1.165) is 19.3 Å². The molecule has 2 fully saturated rings. The van der Waals surface area contributed by atoms with E-state index in [1.807, 2.05) is 0 Å². The van der Waals surface area contributed by atoms with Crippen LogP contribution >= 0.6 is 0 Å². The molecule has 3 rings (SSSR count). The number of hydrogen-bond donors (Lipinski definition) is 3. The molecule has 6 nitrogen and oxygen atoms in total. The highest BCUT2D eigenvalue weighted by Crippen LogP contribution is 2.65. The van der Waals surface area contributed by atoms with Gasteiger partial charge in [-0.2, -0.15) is 0 Å². The quantitative estimate of drug-likeness (QED) is 0.719. The molecule has 0 radical (unpaired) electrons. The Morgan fingerprint density at radius 2 is 1.96 bits per heavy atom. The van der Waals surface area contributed by atoms with E-state index in [4.69, 9.17) is 5.11 Å². The lowest BCUT2D eigenvalue weighted by atomic mass is 9.69. The van der Waals surface area contributed by atoms with Crippen LogP contribution in [-0.2, 0) is 14.8 Å². The molecule has 2 aliphatic rings. The summed E-state index contributed by atoms with van der Waals surface area (Å²) in [7, 11) is -3.74. The molecule has 0 amide bonds. The molecule has 1 aromatic carbocycles. The van der Waals surface area contributed by atoms with Crippen LogP contribution in [0, 0.1) is 16.7 Å². The van der Waals surface area contributed by atoms with Gasteiger partial charge in [0.2, 0.25) is 10.0 Å². The molecule has 3 N–H and O–H groups in total. The zero-order valence-electron chi connectivity index (χ0n) is 14.9. The molecular formula is C18H26N2O4S. The number of rotatable bonds is 6. The maximum Gasteiger partial charge on any atom is 0.322 e. The minimum atomic E-state index is -3.74. The van der Waals surface area contributed by atoms with Crippen molar-refractivity contribution >= 4 is 21.7 Å². The van der Waals surface area contributed by atoms with Crippen LogP contribution < -0.4 is 10.0 Å². The summed E-state index contributed by atoms with van der Waals surface area (Å²) < 4.78 is 28.9. The van der Waals surface area contributed by atoms with E-state index in [1.54, 1.807) is 18.2 Å². The number of sulfonamides is 1. The summed E-state index contributed by atoms with van der Waals surface area (Å²) in [5.41, 5.74) is 0.361. The van der Waals surface area contributed by atoms with Crippen LogP contribution in [0.1, 0.15) is 40.0 Å². The maximum absolute atomic E-state index is 13.0. The number of anilines is 1. The molecule has 3 atom stereocenters. The van der Waals surface area contributed by atoms with Gasteiger partial charge in [0.25, 0.3) is 0 Å². The first-order valence-corrected chi connectivity index (χ1v) is 10.1. The number of carbonyl (C=O) groups is 1. The molecule has 7 heteroatoms. The predicted molar refractivity (Wildman–Crippen MR) is 95.9 cm³/mol. The van der Waals surface area contributed by atoms with Gasteiger partial charge in [0.1, 0.15) is 11.4 Å². The van der Waals surface area contributed by atoms with E-state index in [-0.39, 0.29) is 28.3 Å². The Morgan fingerprint density at radius 3 is 2.52 bits per heavy atom. The number of benzene rings is 1. The molecule has 0 saturated heterocycles. The number of fused-ring (bicyclic) bond motifs is 2. The Labute approximate surface area is 149 Å². The van der Waals surface area contributed by atoms with Crippen LogP contribution in [0.2, 0.25) is 0 Å². The number of carboxylic acid groups (broad SMARTS) is 1. The molecule has 0 unspecified atom stereocenters. The summed E-state index contributed by atoms with van der Waals surface area (Å²) in [6.45, 7) is 6.33. The van der Waals surface area contributed by atoms with Crippen LogP contribution in [0.25, 0.3) is 0 Å². The molecule has 25 heavy (non-hydrogen) atoms. The van der Waals surface area contributed by atoms with Gasteiger partial charge in [0, 0.05) is 6.04 Å². The minimum absolute atomic E-state index is 0.0613. The molecule has 0 spiro atoms. The zero-order valence-corrected chi connectivity index (χ0v) is 15.7. The fraction of sp³-hybridized carbons (Fsp3) is 0.611. The summed E-state index contributed by atoms with van der Waals surface area (Å²) in [4.78, 5) is 10.9. The van der Waals surface area contributed by atoms with E-state index in [9.17, 15) is 13.2 Å². The van der Waals surface area contributed by atoms with E-state index in [2.05, 4.69) is 30.8 Å². The van der Waals surface area contributed by atoms with Gasteiger partial charge < -0.3 is 10.4 Å². The van der Waals surface area contributed by atoms with E-state index in [0.29, 0.717) is 11.6 Å². The number of hydrogen-bond acceptors (Lipinski definition) is 4. The average molecular weight is 366 g/mol. The van der Waals surface area contributed by atoms with E-state index in [1.165, 1.54) is 6.07 Å². The molecular weight excluding hydrogens is 340 g/mol. The first-order valence-electron chi connectivity index (χ1n) is 8.65. The van der Waals surface area contributed by atoms with Crippen molar-refractivity contribution in [2.45, 2.75) is 51.0 Å². The monoisotopic (exact) mass is 366 g/mol. The molecule has 0 aromatic heterocycles. The molecule has 0 heterocycles. The third-order valence-corrected chi connectivity index (χ3v) is 8.23. The summed E-state index contributed by atoms with van der Waals surface area (Å²) >= 11 is 0. The Kier molecular flexibility index (Phi) is 4.36. The van der Waals surface area contributed by atoms with Crippen LogP contribution in [0.5, 0.6) is 0 Å². The van der Waals surface area contributed by atoms with Gasteiger partial charge in [-0.1, -0.05) is 32.9 Å². The Hall–Kier alpha value is -1.60. The van der Waals surface area contributed by atoms with Crippen LogP contribution in [0.15, 0.2) is 29.2 Å². The van der Waals surface area contributed by atoms with E-state index < -0.39 is 16.0 Å². The first-order chi connectivity index (χ1) is 11.6. The summed E-state index contributed by atoms with van der Waals surface area (Å²) in [5.74, 6) is -0.506. The Morgan fingerprint density at radius 1 is 1.28 bits per heavy atom. The first kappa shape index (κ1) is 18.2. The van der Waals surface area contributed by atoms with Crippen molar-refractivity contribution in [1.29, 1.82) is 0 Å². The lowest BCUT2D eigenvalue weighted by molar-refractivity contribution is -0.134. The molecule has 2 aliphatic carbocycles. The van der Waals surface area contributed by atoms with Gasteiger partial charge >= 0.3 is 5.97 Å². The summed E-state index contributed by atoms with van der Waals surface area (Å²) in [6.07, 6.45) is 3.03. The summed E-state index contributed by atoms with van der Waals surface area (Å²) in [6, 6.07) is 6.33. The topological polar surface area (TPSA) is 95.5 Å². The zero-order chi connectivity index (χ0) is 18.5. The van der Waals surface area contributed by atoms with Gasteiger partial charge in [0.15, 0.2) is 0 Å². The van der Waals surface area contributed by atoms with Crippen LogP contribution in [0.3, 0.4) is 0 Å². The van der Waals surface area contributed by atoms with E-state index >= 15 is 0 Å². The van der Waals surface area contributed by atoms with Gasteiger partial charge in [0.05, 0.1) is 5.69 Å². The van der Waals surface area contributed by atoms with Gasteiger partial charge in [-0.05, 0) is 48.1 Å². The van der Waals surface area contributed by atoms with Gasteiger partial charge in [-0.3, -0.25) is 4.79 Å². The fourth-order valence-electron chi connectivity index (χ4n) is 4.65. The second-order valence-corrected chi connectivity index (χ2v) is 9.71. The van der Waals surface area contributed by atoms with Crippen molar-refractivity contribution in [1.82, 2.24) is 4.72 Å². The number of nitrogens with one attached hydrogen (secondary N) is 2. The predicted octanol–water partition coefficient (Wildman–Crippen LogP) is 2.68. The lowest BCUT2D eigenvalue weighted by Crippen LogP contribution is -2.46. The highest BCUT2D eigenvalue weighted by Gasteiger charge is 2.61. The SMILES string of the molecule is CC1(C)[C@@H]2CC[C@@]1(C)[C@H](NS(=O)(=O)c1ccccc1NCC(=O)O)C2. The second-order valence-electron chi connectivity index (χ2n) is 8.03. The molecule has 1 aromatic rings. The molecule has 138 valence electrons. The highest BCUT2D eigenvalue weighted by atomic mass is 32.2. The lowest BCUT2D eigenvalue weighted by Gasteiger charge is -2.39. The van der Waals surface area contributed by atoms with Crippen LogP contribution in [0.4, 0.5) is 5.69 Å². The van der Waals surface area contributed by atoms with Crippen molar-refractivity contribution in [3.05, 3.63) is 24.3 Å². The average Bonchev–Trinajstić information content (AvgIpc) is 2.86. The molecule has 2 bridgehead atoms.